The molecule has 0 amide bonds. The molecule has 0 saturated carbocycles. The van der Waals surface area contributed by atoms with Crippen LogP contribution in [0.3, 0.4) is 0 Å². The van der Waals surface area contributed by atoms with Crippen LogP contribution >= 0.6 is 0 Å². The van der Waals surface area contributed by atoms with Crippen molar-refractivity contribution in [2.45, 2.75) is 12.8 Å². The molecule has 1 aromatic rings. The zero-order valence-corrected chi connectivity index (χ0v) is 7.48. The summed E-state index contributed by atoms with van der Waals surface area (Å²) < 4.78 is 48.8. The Morgan fingerprint density at radius 1 is 1.29 bits per heavy atom. The third-order valence-electron chi connectivity index (χ3n) is 1.74. The number of hydrogen-bond acceptors (Lipinski definition) is 1. The molecule has 14 heavy (non-hydrogen) atoms. The predicted molar refractivity (Wildman–Crippen MR) is 43.9 cm³/mol. The maximum atomic E-state index is 12.6. The Morgan fingerprint density at radius 3 is 2.43 bits per heavy atom. The van der Waals surface area contributed by atoms with Crippen molar-refractivity contribution in [2.75, 3.05) is 7.05 Å². The normalized spacial score (nSPS) is 12.1. The van der Waals surface area contributed by atoms with Crippen molar-refractivity contribution in [1.29, 1.82) is 0 Å². The Labute approximate surface area is 78.9 Å². The standard InChI is InChI=1S/C9H9F4N/c1-14(9(11,12)13)6-7-3-2-4-8(10)5-7/h2-5H,6H2,1H3. The molecule has 0 aliphatic heterocycles. The topological polar surface area (TPSA) is 3.24 Å². The van der Waals surface area contributed by atoms with Crippen molar-refractivity contribution < 1.29 is 17.6 Å². The lowest BCUT2D eigenvalue weighted by Crippen LogP contribution is -2.33. The van der Waals surface area contributed by atoms with E-state index in [4.69, 9.17) is 0 Å². The first-order valence-corrected chi connectivity index (χ1v) is 3.92. The molecule has 0 bridgehead atoms. The molecule has 0 fully saturated rings. The molecule has 0 N–H and O–H groups in total. The van der Waals surface area contributed by atoms with E-state index in [1.54, 1.807) is 0 Å². The van der Waals surface area contributed by atoms with E-state index in [-0.39, 0.29) is 11.4 Å². The van der Waals surface area contributed by atoms with E-state index < -0.39 is 12.1 Å². The molecule has 0 aromatic heterocycles. The van der Waals surface area contributed by atoms with Crippen molar-refractivity contribution in [1.82, 2.24) is 4.90 Å². The van der Waals surface area contributed by atoms with Gasteiger partial charge in [0.1, 0.15) is 5.82 Å². The Bertz CT molecular complexity index is 308. The molecule has 0 spiro atoms. The van der Waals surface area contributed by atoms with Crippen LogP contribution in [0.4, 0.5) is 17.6 Å². The highest BCUT2D eigenvalue weighted by Gasteiger charge is 2.33. The molecule has 0 saturated heterocycles. The number of alkyl halides is 3. The molecule has 0 atom stereocenters. The Hall–Kier alpha value is -1.10. The molecule has 0 radical (unpaired) electrons. The summed E-state index contributed by atoms with van der Waals surface area (Å²) in [4.78, 5) is 0.196. The number of nitrogens with zero attached hydrogens (tertiary/aromatic N) is 1. The maximum Gasteiger partial charge on any atom is 0.459 e. The van der Waals surface area contributed by atoms with Crippen molar-refractivity contribution in [3.8, 4) is 0 Å². The minimum absolute atomic E-state index is 0.196. The zero-order chi connectivity index (χ0) is 10.8. The van der Waals surface area contributed by atoms with Gasteiger partial charge in [0, 0.05) is 6.54 Å². The zero-order valence-electron chi connectivity index (χ0n) is 7.48. The van der Waals surface area contributed by atoms with Gasteiger partial charge in [-0.1, -0.05) is 12.1 Å². The summed E-state index contributed by atoms with van der Waals surface area (Å²) in [5, 5.41) is 0. The quantitative estimate of drug-likeness (QED) is 0.532. The van der Waals surface area contributed by atoms with Gasteiger partial charge in [0.2, 0.25) is 0 Å². The van der Waals surface area contributed by atoms with Crippen LogP contribution < -0.4 is 0 Å². The largest absolute Gasteiger partial charge is 0.459 e. The second kappa shape index (κ2) is 3.96. The molecule has 0 heterocycles. The van der Waals surface area contributed by atoms with Gasteiger partial charge >= 0.3 is 6.30 Å². The van der Waals surface area contributed by atoms with E-state index in [0.29, 0.717) is 5.56 Å². The summed E-state index contributed by atoms with van der Waals surface area (Å²) in [5.74, 6) is -0.530. The van der Waals surface area contributed by atoms with Crippen molar-refractivity contribution >= 4 is 0 Å². The van der Waals surface area contributed by atoms with Gasteiger partial charge < -0.3 is 0 Å². The molecule has 5 heteroatoms. The summed E-state index contributed by atoms with van der Waals surface area (Å²) in [6, 6.07) is 5.11. The van der Waals surface area contributed by atoms with Gasteiger partial charge in [0.25, 0.3) is 0 Å². The predicted octanol–water partition coefficient (Wildman–Crippen LogP) is 2.78. The average Bonchev–Trinajstić information content (AvgIpc) is 2.02. The fraction of sp³-hybridized carbons (Fsp3) is 0.333. The molecule has 0 aliphatic rings. The third-order valence-corrected chi connectivity index (χ3v) is 1.74. The average molecular weight is 207 g/mol. The highest BCUT2D eigenvalue weighted by Crippen LogP contribution is 2.21. The van der Waals surface area contributed by atoms with Crippen LogP contribution in [0.25, 0.3) is 0 Å². The van der Waals surface area contributed by atoms with Gasteiger partial charge in [0.15, 0.2) is 0 Å². The molecular weight excluding hydrogens is 198 g/mol. The molecule has 1 rings (SSSR count). The van der Waals surface area contributed by atoms with E-state index >= 15 is 0 Å². The molecule has 1 aromatic carbocycles. The van der Waals surface area contributed by atoms with Crippen LogP contribution in [-0.2, 0) is 6.54 Å². The van der Waals surface area contributed by atoms with Gasteiger partial charge in [-0.2, -0.15) is 13.2 Å². The number of benzene rings is 1. The fourth-order valence-corrected chi connectivity index (χ4v) is 0.999. The Kier molecular flexibility index (Phi) is 3.10. The van der Waals surface area contributed by atoms with E-state index in [2.05, 4.69) is 0 Å². The minimum atomic E-state index is -4.38. The van der Waals surface area contributed by atoms with Crippen LogP contribution in [0, 0.1) is 5.82 Å². The highest BCUT2D eigenvalue weighted by atomic mass is 19.4. The monoisotopic (exact) mass is 207 g/mol. The smallest absolute Gasteiger partial charge is 0.213 e. The van der Waals surface area contributed by atoms with Crippen LogP contribution in [0.2, 0.25) is 0 Å². The van der Waals surface area contributed by atoms with Gasteiger partial charge in [-0.05, 0) is 24.7 Å². The number of rotatable bonds is 2. The van der Waals surface area contributed by atoms with Crippen LogP contribution in [0.15, 0.2) is 24.3 Å². The SMILES string of the molecule is CN(Cc1cccc(F)c1)C(F)(F)F. The first kappa shape index (κ1) is 11.0. The van der Waals surface area contributed by atoms with E-state index in [1.165, 1.54) is 18.2 Å². The Balaban J connectivity index is 2.70. The van der Waals surface area contributed by atoms with Gasteiger partial charge in [-0.15, -0.1) is 0 Å². The number of halogens is 4. The second-order valence-corrected chi connectivity index (χ2v) is 2.95. The fourth-order valence-electron chi connectivity index (χ4n) is 0.999. The maximum absolute atomic E-state index is 12.6. The minimum Gasteiger partial charge on any atom is -0.213 e. The lowest BCUT2D eigenvalue weighted by atomic mass is 10.2. The molecule has 78 valence electrons. The summed E-state index contributed by atoms with van der Waals surface area (Å²) in [6.45, 7) is -0.346. The van der Waals surface area contributed by atoms with Crippen molar-refractivity contribution in [3.05, 3.63) is 35.6 Å². The lowest BCUT2D eigenvalue weighted by molar-refractivity contribution is -0.240. The first-order valence-electron chi connectivity index (χ1n) is 3.92. The van der Waals surface area contributed by atoms with Gasteiger partial charge in [-0.25, -0.2) is 9.29 Å². The van der Waals surface area contributed by atoms with E-state index in [0.717, 1.165) is 13.1 Å². The highest BCUT2D eigenvalue weighted by molar-refractivity contribution is 5.16. The summed E-state index contributed by atoms with van der Waals surface area (Å²) in [7, 11) is 0.922. The Morgan fingerprint density at radius 2 is 1.93 bits per heavy atom. The first-order chi connectivity index (χ1) is 6.39. The van der Waals surface area contributed by atoms with Gasteiger partial charge in [0.05, 0.1) is 0 Å². The lowest BCUT2D eigenvalue weighted by Gasteiger charge is -2.19. The summed E-state index contributed by atoms with van der Waals surface area (Å²) >= 11 is 0. The summed E-state index contributed by atoms with van der Waals surface area (Å²) in [5.41, 5.74) is 0.296. The van der Waals surface area contributed by atoms with Crippen molar-refractivity contribution in [2.24, 2.45) is 0 Å². The van der Waals surface area contributed by atoms with E-state index in [9.17, 15) is 17.6 Å². The van der Waals surface area contributed by atoms with Crippen LogP contribution in [0.5, 0.6) is 0 Å². The molecule has 0 unspecified atom stereocenters. The third kappa shape index (κ3) is 2.99. The molecule has 0 aliphatic carbocycles. The van der Waals surface area contributed by atoms with Crippen LogP contribution in [0.1, 0.15) is 5.56 Å². The molecule has 1 nitrogen and oxygen atoms in total. The van der Waals surface area contributed by atoms with Gasteiger partial charge in [-0.3, -0.25) is 0 Å². The molecular formula is C9H9F4N. The summed E-state index contributed by atoms with van der Waals surface area (Å²) in [6.07, 6.45) is -4.38. The van der Waals surface area contributed by atoms with Crippen LogP contribution in [-0.4, -0.2) is 18.2 Å². The van der Waals surface area contributed by atoms with Crippen molar-refractivity contribution in [3.63, 3.8) is 0 Å². The number of hydrogen-bond donors (Lipinski definition) is 0. The van der Waals surface area contributed by atoms with E-state index in [1.807, 2.05) is 0 Å². The second-order valence-electron chi connectivity index (χ2n) is 2.95.